The van der Waals surface area contributed by atoms with E-state index in [1.165, 1.54) is 35.1 Å². The van der Waals surface area contributed by atoms with Crippen molar-refractivity contribution in [1.29, 1.82) is 0 Å². The Morgan fingerprint density at radius 2 is 1.94 bits per heavy atom. The number of benzene rings is 1. The first-order valence-electron chi connectivity index (χ1n) is 7.01. The second kappa shape index (κ2) is 3.30. The van der Waals surface area contributed by atoms with Crippen LogP contribution >= 0.6 is 11.8 Å². The number of aromatic nitrogens is 1. The number of para-hydroxylation sites is 1. The smallest absolute Gasteiger partial charge is 0.193 e. The van der Waals surface area contributed by atoms with Gasteiger partial charge < -0.3 is 0 Å². The molecule has 90 valence electrons. The Morgan fingerprint density at radius 3 is 2.94 bits per heavy atom. The van der Waals surface area contributed by atoms with Gasteiger partial charge in [0, 0.05) is 17.4 Å². The maximum absolute atomic E-state index is 2.61. The molecule has 2 saturated carbocycles. The maximum atomic E-state index is 2.61. The Balaban J connectivity index is 1.83. The first-order chi connectivity index (χ1) is 8.92. The third-order valence-corrected chi connectivity index (χ3v) is 6.71. The van der Waals surface area contributed by atoms with Crippen molar-refractivity contribution in [1.82, 2.24) is 0 Å². The Morgan fingerprint density at radius 1 is 1.06 bits per heavy atom. The van der Waals surface area contributed by atoms with Crippen LogP contribution in [-0.4, -0.2) is 5.25 Å². The zero-order valence-electron chi connectivity index (χ0n) is 10.3. The number of hydrogen-bond acceptors (Lipinski definition) is 1. The van der Waals surface area contributed by atoms with Gasteiger partial charge in [0.1, 0.15) is 0 Å². The summed E-state index contributed by atoms with van der Waals surface area (Å²) in [4.78, 5) is 1.50. The summed E-state index contributed by atoms with van der Waals surface area (Å²) in [5, 5.41) is 2.25. The largest absolute Gasteiger partial charge is 0.226 e. The SMILES string of the molecule is c1cc2c3c(c1)ccc[n+]3C1C(S2)[C@@H]2CC[C@H]1C2. The lowest BCUT2D eigenvalue weighted by molar-refractivity contribution is -0.705. The van der Waals surface area contributed by atoms with Crippen LogP contribution in [0, 0.1) is 11.8 Å². The average molecular weight is 254 g/mol. The molecule has 3 aliphatic rings. The summed E-state index contributed by atoms with van der Waals surface area (Å²) in [5.74, 6) is 1.91. The molecular weight excluding hydrogens is 238 g/mol. The van der Waals surface area contributed by atoms with Gasteiger partial charge in [-0.25, -0.2) is 0 Å². The summed E-state index contributed by atoms with van der Waals surface area (Å²) in [5.41, 5.74) is 1.49. The van der Waals surface area contributed by atoms with Gasteiger partial charge in [0.05, 0.1) is 10.1 Å². The fourth-order valence-electron chi connectivity index (χ4n) is 4.51. The number of pyridine rings is 1. The molecule has 2 fully saturated rings. The van der Waals surface area contributed by atoms with Crippen molar-refractivity contribution in [2.75, 3.05) is 0 Å². The normalized spacial score (nSPS) is 36.0. The van der Waals surface area contributed by atoms with Crippen LogP contribution in [0.1, 0.15) is 25.3 Å². The molecule has 0 amide bonds. The Hall–Kier alpha value is -1.02. The lowest BCUT2D eigenvalue weighted by Crippen LogP contribution is -2.50. The van der Waals surface area contributed by atoms with E-state index in [1.807, 2.05) is 0 Å². The number of hydrogen-bond donors (Lipinski definition) is 0. The molecule has 2 bridgehead atoms. The molecule has 0 radical (unpaired) electrons. The van der Waals surface area contributed by atoms with E-state index >= 15 is 0 Å². The fraction of sp³-hybridized carbons (Fsp3) is 0.438. The molecule has 4 atom stereocenters. The Labute approximate surface area is 111 Å². The van der Waals surface area contributed by atoms with Crippen LogP contribution < -0.4 is 4.57 Å². The van der Waals surface area contributed by atoms with Crippen LogP contribution in [0.3, 0.4) is 0 Å². The molecule has 0 saturated heterocycles. The molecule has 2 aromatic rings. The predicted octanol–water partition coefficient (Wildman–Crippen LogP) is 3.57. The summed E-state index contributed by atoms with van der Waals surface area (Å²) in [6.07, 6.45) is 6.72. The topological polar surface area (TPSA) is 3.88 Å². The van der Waals surface area contributed by atoms with Crippen molar-refractivity contribution < 1.29 is 4.57 Å². The number of nitrogens with zero attached hydrogens (tertiary/aromatic N) is 1. The summed E-state index contributed by atoms with van der Waals surface area (Å²) in [6, 6.07) is 12.0. The molecule has 1 nitrogen and oxygen atoms in total. The van der Waals surface area contributed by atoms with Crippen LogP contribution in [0.15, 0.2) is 41.4 Å². The minimum atomic E-state index is 0.771. The van der Waals surface area contributed by atoms with Crippen molar-refractivity contribution in [3.8, 4) is 0 Å². The van der Waals surface area contributed by atoms with Crippen molar-refractivity contribution in [2.45, 2.75) is 35.4 Å². The van der Waals surface area contributed by atoms with E-state index in [-0.39, 0.29) is 0 Å². The lowest BCUT2D eigenvalue weighted by atomic mass is 9.93. The second-order valence-corrected chi connectivity index (χ2v) is 7.24. The van der Waals surface area contributed by atoms with E-state index in [0.29, 0.717) is 0 Å². The van der Waals surface area contributed by atoms with Crippen molar-refractivity contribution >= 4 is 22.7 Å². The van der Waals surface area contributed by atoms with Gasteiger partial charge in [-0.2, -0.15) is 4.57 Å². The summed E-state index contributed by atoms with van der Waals surface area (Å²) < 4.78 is 2.61. The maximum Gasteiger partial charge on any atom is 0.226 e. The monoisotopic (exact) mass is 254 g/mol. The predicted molar refractivity (Wildman–Crippen MR) is 73.7 cm³/mol. The molecule has 1 aromatic carbocycles. The highest BCUT2D eigenvalue weighted by molar-refractivity contribution is 8.00. The average Bonchev–Trinajstić information content (AvgIpc) is 3.01. The Bertz CT molecular complexity index is 645. The first kappa shape index (κ1) is 9.85. The van der Waals surface area contributed by atoms with Gasteiger partial charge in [0.2, 0.25) is 5.52 Å². The molecule has 18 heavy (non-hydrogen) atoms. The minimum Gasteiger partial charge on any atom is -0.193 e. The highest BCUT2D eigenvalue weighted by Gasteiger charge is 2.55. The third kappa shape index (κ3) is 1.08. The standard InChI is InChI=1S/C16H16NS/c1-3-10-4-2-8-17-14(10)13(5-1)18-16-12-7-6-11(9-12)15(16)17/h1-5,8,11-12,15-16H,6-7,9H2/q+1/t11-,12+,15?,16?/m0/s1. The van der Waals surface area contributed by atoms with Gasteiger partial charge in [0.15, 0.2) is 12.2 Å². The molecule has 1 aliphatic heterocycles. The highest BCUT2D eigenvalue weighted by Crippen LogP contribution is 2.57. The zero-order valence-corrected chi connectivity index (χ0v) is 11.1. The molecular formula is C16H16NS+. The van der Waals surface area contributed by atoms with E-state index in [2.05, 4.69) is 52.9 Å². The van der Waals surface area contributed by atoms with Gasteiger partial charge in [0.25, 0.3) is 0 Å². The van der Waals surface area contributed by atoms with Crippen molar-refractivity contribution in [3.05, 3.63) is 36.5 Å². The van der Waals surface area contributed by atoms with E-state index in [1.54, 1.807) is 0 Å². The number of rotatable bonds is 0. The van der Waals surface area contributed by atoms with Gasteiger partial charge in [-0.1, -0.05) is 6.07 Å². The number of fused-ring (bicyclic) bond motifs is 6. The van der Waals surface area contributed by atoms with E-state index < -0.39 is 0 Å². The minimum absolute atomic E-state index is 0.771. The quantitative estimate of drug-likeness (QED) is 0.650. The zero-order chi connectivity index (χ0) is 11.7. The van der Waals surface area contributed by atoms with Crippen LogP contribution in [-0.2, 0) is 0 Å². The van der Waals surface area contributed by atoms with Gasteiger partial charge in [-0.05, 0) is 43.4 Å². The van der Waals surface area contributed by atoms with Crippen LogP contribution in [0.4, 0.5) is 0 Å². The summed E-state index contributed by atoms with van der Waals surface area (Å²) >= 11 is 2.16. The van der Waals surface area contributed by atoms with E-state index in [4.69, 9.17) is 0 Å². The van der Waals surface area contributed by atoms with Gasteiger partial charge >= 0.3 is 0 Å². The second-order valence-electron chi connectivity index (χ2n) is 6.02. The molecule has 0 spiro atoms. The van der Waals surface area contributed by atoms with E-state index in [0.717, 1.165) is 23.1 Å². The van der Waals surface area contributed by atoms with Crippen molar-refractivity contribution in [2.24, 2.45) is 11.8 Å². The molecule has 2 aliphatic carbocycles. The lowest BCUT2D eigenvalue weighted by Gasteiger charge is -2.30. The van der Waals surface area contributed by atoms with Crippen LogP contribution in [0.5, 0.6) is 0 Å². The molecule has 5 rings (SSSR count). The fourth-order valence-corrected chi connectivity index (χ4v) is 6.23. The van der Waals surface area contributed by atoms with Gasteiger partial charge in [-0.3, -0.25) is 0 Å². The van der Waals surface area contributed by atoms with Gasteiger partial charge in [-0.15, -0.1) is 11.8 Å². The Kier molecular flexibility index (Phi) is 1.80. The van der Waals surface area contributed by atoms with E-state index in [9.17, 15) is 0 Å². The molecule has 2 heterocycles. The molecule has 2 heteroatoms. The van der Waals surface area contributed by atoms with Crippen LogP contribution in [0.2, 0.25) is 0 Å². The molecule has 1 aromatic heterocycles. The third-order valence-electron chi connectivity index (χ3n) is 5.19. The number of thioether (sulfide) groups is 1. The molecule has 2 unspecified atom stereocenters. The highest BCUT2D eigenvalue weighted by atomic mass is 32.2. The summed E-state index contributed by atoms with van der Waals surface area (Å²) in [7, 11) is 0. The summed E-state index contributed by atoms with van der Waals surface area (Å²) in [6.45, 7) is 0. The van der Waals surface area contributed by atoms with Crippen LogP contribution in [0.25, 0.3) is 10.9 Å². The molecule has 0 N–H and O–H groups in total. The van der Waals surface area contributed by atoms with Crippen molar-refractivity contribution in [3.63, 3.8) is 0 Å². The first-order valence-corrected chi connectivity index (χ1v) is 7.89.